The zero-order valence-electron chi connectivity index (χ0n) is 21.4. The molecule has 1 fully saturated rings. The number of hydrogen-bond acceptors (Lipinski definition) is 11. The van der Waals surface area contributed by atoms with Gasteiger partial charge in [0.05, 0.1) is 20.8 Å². The average molecular weight is 622 g/mol. The third kappa shape index (κ3) is 6.26. The van der Waals surface area contributed by atoms with Crippen LogP contribution < -0.4 is 29.9 Å². The highest BCUT2D eigenvalue weighted by Gasteiger charge is 2.71. The molecular formula is C24H24F4N3O8PS. The van der Waals surface area contributed by atoms with Gasteiger partial charge in [-0.25, -0.2) is 13.6 Å². The van der Waals surface area contributed by atoms with E-state index >= 15 is 8.78 Å². The molecule has 3 unspecified atom stereocenters. The quantitative estimate of drug-likeness (QED) is 0.239. The Balaban J connectivity index is 1.67. The van der Waals surface area contributed by atoms with Crippen molar-refractivity contribution in [2.75, 3.05) is 26.6 Å². The van der Waals surface area contributed by atoms with Gasteiger partial charge in [0, 0.05) is 18.0 Å². The molecule has 4 rings (SSSR count). The maximum atomic E-state index is 15.2. The second-order valence-corrected chi connectivity index (χ2v) is 11.5. The lowest BCUT2D eigenvalue weighted by Gasteiger charge is -2.32. The van der Waals surface area contributed by atoms with Crippen LogP contribution in [0.1, 0.15) is 6.23 Å². The standard InChI is InChI=1S/C24H24F4N3O8PS/c1-34-14-3-7-16(8-4-14)38-40(41,39-17-9-5-15(35-2)6-10-17)36-13-23(20(25)26)19(32)24(27,28)21(37-23)31-12-11-18(29)30-22(31)33/h3-12,19-21,32H,13H2,1-2H3,(H2,29,30,33). The van der Waals surface area contributed by atoms with Gasteiger partial charge >= 0.3 is 18.3 Å². The summed E-state index contributed by atoms with van der Waals surface area (Å²) in [5, 5.41) is 10.5. The van der Waals surface area contributed by atoms with Gasteiger partial charge in [-0.3, -0.25) is 9.09 Å². The lowest BCUT2D eigenvalue weighted by atomic mass is 9.96. The molecule has 2 aromatic carbocycles. The zero-order valence-corrected chi connectivity index (χ0v) is 23.1. The normalized spacial score (nSPS) is 22.0. The molecule has 0 amide bonds. The number of nitrogens with zero attached hydrogens (tertiary/aromatic N) is 2. The van der Waals surface area contributed by atoms with E-state index in [4.69, 9.17) is 45.3 Å². The van der Waals surface area contributed by atoms with Gasteiger partial charge in [0.2, 0.25) is 6.23 Å². The predicted octanol–water partition coefficient (Wildman–Crippen LogP) is 3.77. The van der Waals surface area contributed by atoms with E-state index in [2.05, 4.69) is 4.98 Å². The maximum absolute atomic E-state index is 15.2. The lowest BCUT2D eigenvalue weighted by Crippen LogP contribution is -2.54. The van der Waals surface area contributed by atoms with E-state index in [0.717, 1.165) is 12.3 Å². The van der Waals surface area contributed by atoms with Gasteiger partial charge in [-0.1, -0.05) is 0 Å². The summed E-state index contributed by atoms with van der Waals surface area (Å²) >= 11 is 5.45. The number of benzene rings is 2. The van der Waals surface area contributed by atoms with Crippen LogP contribution in [0.2, 0.25) is 0 Å². The molecule has 0 spiro atoms. The van der Waals surface area contributed by atoms with Crippen LogP contribution in [0.5, 0.6) is 23.0 Å². The van der Waals surface area contributed by atoms with Crippen molar-refractivity contribution in [3.8, 4) is 23.0 Å². The van der Waals surface area contributed by atoms with Crippen LogP contribution in [0, 0.1) is 0 Å². The Morgan fingerprint density at radius 2 is 1.51 bits per heavy atom. The molecule has 2 heterocycles. The van der Waals surface area contributed by atoms with Crippen molar-refractivity contribution in [2.45, 2.75) is 30.3 Å². The summed E-state index contributed by atoms with van der Waals surface area (Å²) in [7, 11) is 2.87. The van der Waals surface area contributed by atoms with Gasteiger partial charge in [-0.05, 0) is 54.6 Å². The lowest BCUT2D eigenvalue weighted by molar-refractivity contribution is -0.192. The van der Waals surface area contributed by atoms with Crippen LogP contribution in [-0.2, 0) is 21.1 Å². The van der Waals surface area contributed by atoms with Gasteiger partial charge in [0.1, 0.15) is 28.8 Å². The highest BCUT2D eigenvalue weighted by atomic mass is 32.5. The van der Waals surface area contributed by atoms with Gasteiger partial charge in [-0.2, -0.15) is 13.8 Å². The molecule has 1 aliphatic rings. The van der Waals surface area contributed by atoms with Gasteiger partial charge in [-0.15, -0.1) is 0 Å². The predicted molar refractivity (Wildman–Crippen MR) is 140 cm³/mol. The Hall–Kier alpha value is -3.43. The van der Waals surface area contributed by atoms with E-state index in [1.54, 1.807) is 0 Å². The molecule has 1 aliphatic heterocycles. The van der Waals surface area contributed by atoms with Crippen molar-refractivity contribution in [3.63, 3.8) is 0 Å². The summed E-state index contributed by atoms with van der Waals surface area (Å²) in [4.78, 5) is 15.5. The van der Waals surface area contributed by atoms with Gasteiger partial charge in [0.15, 0.2) is 11.7 Å². The van der Waals surface area contributed by atoms with Crippen molar-refractivity contribution in [1.29, 1.82) is 0 Å². The Morgan fingerprint density at radius 1 is 1.02 bits per heavy atom. The number of aliphatic hydroxyl groups excluding tert-OH is 1. The first-order valence-corrected chi connectivity index (χ1v) is 14.2. The first-order chi connectivity index (χ1) is 19.3. The molecule has 0 aliphatic carbocycles. The minimum absolute atomic E-state index is 0.0735. The molecular weight excluding hydrogens is 597 g/mol. The van der Waals surface area contributed by atoms with Gasteiger partial charge in [0.25, 0.3) is 6.43 Å². The number of ether oxygens (including phenoxy) is 3. The maximum Gasteiger partial charge on any atom is 0.435 e. The van der Waals surface area contributed by atoms with Crippen molar-refractivity contribution in [3.05, 3.63) is 71.3 Å². The third-order valence-corrected chi connectivity index (χ3v) is 8.04. The molecule has 11 nitrogen and oxygen atoms in total. The van der Waals surface area contributed by atoms with E-state index < -0.39 is 49.3 Å². The number of rotatable bonds is 11. The van der Waals surface area contributed by atoms with E-state index in [0.29, 0.717) is 11.5 Å². The fourth-order valence-electron chi connectivity index (χ4n) is 3.79. The molecule has 3 atom stereocenters. The summed E-state index contributed by atoms with van der Waals surface area (Å²) in [6.45, 7) is -5.55. The van der Waals surface area contributed by atoms with E-state index in [1.165, 1.54) is 62.8 Å². The zero-order chi connectivity index (χ0) is 30.0. The third-order valence-electron chi connectivity index (χ3n) is 5.96. The van der Waals surface area contributed by atoms with E-state index in [-0.39, 0.29) is 21.9 Å². The van der Waals surface area contributed by atoms with Gasteiger partial charge < -0.3 is 34.1 Å². The largest absolute Gasteiger partial charge is 0.497 e. The number of methoxy groups -OCH3 is 2. The highest BCUT2D eigenvalue weighted by Crippen LogP contribution is 2.55. The molecule has 3 aromatic rings. The highest BCUT2D eigenvalue weighted by molar-refractivity contribution is 8.07. The number of aromatic nitrogens is 2. The smallest absolute Gasteiger partial charge is 0.435 e. The molecule has 0 saturated carbocycles. The van der Waals surface area contributed by atoms with Crippen molar-refractivity contribution < 1.29 is 50.5 Å². The molecule has 1 aromatic heterocycles. The Labute approximate surface area is 235 Å². The molecule has 3 N–H and O–H groups in total. The number of hydrogen-bond donors (Lipinski definition) is 2. The molecule has 41 heavy (non-hydrogen) atoms. The summed E-state index contributed by atoms with van der Waals surface area (Å²) in [5.74, 6) is -3.64. The molecule has 222 valence electrons. The van der Waals surface area contributed by atoms with Crippen LogP contribution in [0.4, 0.5) is 23.4 Å². The summed E-state index contributed by atoms with van der Waals surface area (Å²) in [5.41, 5.74) is 0.700. The number of nitrogens with two attached hydrogens (primary N) is 1. The van der Waals surface area contributed by atoms with Crippen molar-refractivity contribution >= 4 is 24.3 Å². The summed E-state index contributed by atoms with van der Waals surface area (Å²) in [6, 6.07) is 12.7. The van der Waals surface area contributed by atoms with E-state index in [9.17, 15) is 18.7 Å². The first-order valence-electron chi connectivity index (χ1n) is 11.6. The average Bonchev–Trinajstić information content (AvgIpc) is 3.14. The van der Waals surface area contributed by atoms with Crippen molar-refractivity contribution in [2.24, 2.45) is 0 Å². The summed E-state index contributed by atoms with van der Waals surface area (Å²) in [6.07, 6.45) is -8.81. The molecule has 0 bridgehead atoms. The van der Waals surface area contributed by atoms with Crippen LogP contribution in [-0.4, -0.2) is 59.5 Å². The number of anilines is 1. The number of aliphatic hydroxyl groups is 1. The first kappa shape index (κ1) is 30.5. The monoisotopic (exact) mass is 621 g/mol. The number of nitrogen functional groups attached to an aromatic ring is 1. The summed E-state index contributed by atoms with van der Waals surface area (Å²) < 4.78 is 91.7. The van der Waals surface area contributed by atoms with Crippen LogP contribution >= 0.6 is 6.72 Å². The van der Waals surface area contributed by atoms with E-state index in [1.807, 2.05) is 0 Å². The minimum Gasteiger partial charge on any atom is -0.497 e. The second-order valence-electron chi connectivity index (χ2n) is 8.60. The number of alkyl halides is 4. The Bertz CT molecular complexity index is 1410. The van der Waals surface area contributed by atoms with Crippen LogP contribution in [0.25, 0.3) is 0 Å². The Morgan fingerprint density at radius 3 is 1.95 bits per heavy atom. The SMILES string of the molecule is COc1ccc(OP(=S)(OCC2(C(F)F)OC(n3ccc(N)nc3=O)C(F)(F)C2O)Oc2ccc(OC)cc2)cc1. The van der Waals surface area contributed by atoms with Crippen LogP contribution in [0.3, 0.4) is 0 Å². The minimum atomic E-state index is -4.41. The Kier molecular flexibility index (Phi) is 8.80. The second kappa shape index (κ2) is 11.8. The molecule has 17 heteroatoms. The number of halogens is 4. The topological polar surface area (TPSA) is 137 Å². The molecule has 1 saturated heterocycles. The van der Waals surface area contributed by atoms with Crippen LogP contribution in [0.15, 0.2) is 65.6 Å². The van der Waals surface area contributed by atoms with Crippen molar-refractivity contribution in [1.82, 2.24) is 9.55 Å². The molecule has 0 radical (unpaired) electrons. The fourth-order valence-corrected chi connectivity index (χ4v) is 5.72. The fraction of sp³-hybridized carbons (Fsp3) is 0.333.